The van der Waals surface area contributed by atoms with Gasteiger partial charge in [0.2, 0.25) is 15.0 Å². The van der Waals surface area contributed by atoms with Crippen molar-refractivity contribution in [2.45, 2.75) is 24.8 Å². The molecule has 10 nitrogen and oxygen atoms in total. The highest BCUT2D eigenvalue weighted by Crippen LogP contribution is 2.33. The number of sulfone groups is 1. The number of halogens is 3. The molecule has 0 unspecified atom stereocenters. The Kier molecular flexibility index (Phi) is 6.16. The second kappa shape index (κ2) is 8.86. The first kappa shape index (κ1) is 25.0. The van der Waals surface area contributed by atoms with Crippen molar-refractivity contribution in [3.8, 4) is 0 Å². The van der Waals surface area contributed by atoms with Gasteiger partial charge in [-0.1, -0.05) is 6.07 Å². The summed E-state index contributed by atoms with van der Waals surface area (Å²) in [6, 6.07) is 4.91. The third kappa shape index (κ3) is 4.84. The van der Waals surface area contributed by atoms with E-state index < -0.39 is 38.7 Å². The molecule has 0 fully saturated rings. The van der Waals surface area contributed by atoms with E-state index in [4.69, 9.17) is 0 Å². The Morgan fingerprint density at radius 1 is 1.14 bits per heavy atom. The Labute approximate surface area is 203 Å². The molecule has 2 aromatic heterocycles. The van der Waals surface area contributed by atoms with Crippen molar-refractivity contribution in [3.63, 3.8) is 0 Å². The molecular formula is C22H19F3N6O4S. The van der Waals surface area contributed by atoms with Crippen LogP contribution in [0.2, 0.25) is 0 Å². The van der Waals surface area contributed by atoms with Crippen molar-refractivity contribution in [2.24, 2.45) is 0 Å². The number of aromatic nitrogens is 3. The quantitative estimate of drug-likeness (QED) is 0.523. The van der Waals surface area contributed by atoms with Gasteiger partial charge in [-0.25, -0.2) is 23.2 Å². The molecule has 0 bridgehead atoms. The molecule has 1 aliphatic rings. The third-order valence-corrected chi connectivity index (χ3v) is 6.24. The molecule has 3 heterocycles. The Balaban J connectivity index is 1.63. The van der Waals surface area contributed by atoms with E-state index in [2.05, 4.69) is 20.3 Å². The average Bonchev–Trinajstić information content (AvgIpc) is 2.81. The molecule has 36 heavy (non-hydrogen) atoms. The van der Waals surface area contributed by atoms with Crippen LogP contribution >= 0.6 is 0 Å². The number of urea groups is 1. The number of nitrogens with zero attached hydrogens (tertiary/aromatic N) is 5. The molecule has 0 aliphatic carbocycles. The maximum absolute atomic E-state index is 13.1. The Morgan fingerprint density at radius 2 is 1.86 bits per heavy atom. The summed E-state index contributed by atoms with van der Waals surface area (Å²) in [6.45, 7) is 1.63. The fourth-order valence-electron chi connectivity index (χ4n) is 3.56. The standard InChI is InChI=1S/C22H19F3N6O4S/c1-12-17(31-11-14-9-27-20(36(3,34)35)29-18(14)30(2)21(31)33)8-16(10-26-12)28-19(32)13-5-4-6-15(7-13)22(23,24)25/h4-10H,11H2,1-3H3,(H,28,32). The number of fused-ring (bicyclic) bond motifs is 1. The third-order valence-electron chi connectivity index (χ3n) is 5.38. The van der Waals surface area contributed by atoms with Crippen molar-refractivity contribution in [1.29, 1.82) is 0 Å². The molecule has 1 aromatic carbocycles. The van der Waals surface area contributed by atoms with E-state index in [0.717, 1.165) is 24.5 Å². The van der Waals surface area contributed by atoms with E-state index >= 15 is 0 Å². The van der Waals surface area contributed by atoms with Gasteiger partial charge in [0.05, 0.1) is 35.4 Å². The Hall–Kier alpha value is -4.07. The first-order valence-electron chi connectivity index (χ1n) is 10.3. The minimum atomic E-state index is -4.60. The smallest absolute Gasteiger partial charge is 0.321 e. The number of hydrogen-bond acceptors (Lipinski definition) is 7. The van der Waals surface area contributed by atoms with Gasteiger partial charge in [-0.05, 0) is 31.2 Å². The highest BCUT2D eigenvalue weighted by atomic mass is 32.2. The predicted octanol–water partition coefficient (Wildman–Crippen LogP) is 3.43. The summed E-state index contributed by atoms with van der Waals surface area (Å²) in [6.07, 6.45) is -1.01. The summed E-state index contributed by atoms with van der Waals surface area (Å²) in [5, 5.41) is 2.09. The van der Waals surface area contributed by atoms with Crippen LogP contribution in [0, 0.1) is 6.92 Å². The summed E-state index contributed by atoms with van der Waals surface area (Å²) in [5.74, 6) is -0.641. The lowest BCUT2D eigenvalue weighted by molar-refractivity contribution is -0.137. The number of pyridine rings is 1. The van der Waals surface area contributed by atoms with Crippen molar-refractivity contribution < 1.29 is 31.2 Å². The van der Waals surface area contributed by atoms with Gasteiger partial charge >= 0.3 is 12.2 Å². The molecule has 4 rings (SSSR count). The van der Waals surface area contributed by atoms with Crippen molar-refractivity contribution in [1.82, 2.24) is 15.0 Å². The van der Waals surface area contributed by atoms with E-state index in [-0.39, 0.29) is 23.6 Å². The van der Waals surface area contributed by atoms with Crippen molar-refractivity contribution in [2.75, 3.05) is 28.4 Å². The number of nitrogens with one attached hydrogen (secondary N) is 1. The van der Waals surface area contributed by atoms with Crippen molar-refractivity contribution >= 4 is 39.0 Å². The van der Waals surface area contributed by atoms with E-state index in [1.165, 1.54) is 41.4 Å². The van der Waals surface area contributed by atoms with E-state index in [1.807, 2.05) is 0 Å². The van der Waals surface area contributed by atoms with Gasteiger partial charge in [-0.3, -0.25) is 19.6 Å². The molecule has 0 atom stereocenters. The fraction of sp³-hybridized carbons (Fsp3) is 0.227. The maximum Gasteiger partial charge on any atom is 0.416 e. The van der Waals surface area contributed by atoms with Crippen LogP contribution < -0.4 is 15.1 Å². The zero-order chi connectivity index (χ0) is 26.4. The van der Waals surface area contributed by atoms with Gasteiger partial charge in [-0.15, -0.1) is 0 Å². The molecule has 14 heteroatoms. The lowest BCUT2D eigenvalue weighted by Crippen LogP contribution is -2.46. The largest absolute Gasteiger partial charge is 0.416 e. The maximum atomic E-state index is 13.1. The number of aryl methyl sites for hydroxylation is 1. The number of benzene rings is 1. The second-order valence-electron chi connectivity index (χ2n) is 8.06. The van der Waals surface area contributed by atoms with Crippen LogP contribution in [0.4, 0.5) is 35.2 Å². The van der Waals surface area contributed by atoms with Crippen LogP contribution in [0.15, 0.2) is 47.9 Å². The minimum absolute atomic E-state index is 0.00387. The first-order valence-corrected chi connectivity index (χ1v) is 12.2. The van der Waals surface area contributed by atoms with E-state index in [1.54, 1.807) is 6.92 Å². The second-order valence-corrected chi connectivity index (χ2v) is 9.97. The SMILES string of the molecule is Cc1ncc(NC(=O)c2cccc(C(F)(F)F)c2)cc1N1Cc2cnc(S(C)(=O)=O)nc2N(C)C1=O. The number of hydrogen-bond donors (Lipinski definition) is 1. The fourth-order valence-corrected chi connectivity index (χ4v) is 4.06. The van der Waals surface area contributed by atoms with Gasteiger partial charge in [0.25, 0.3) is 5.91 Å². The van der Waals surface area contributed by atoms with Crippen molar-refractivity contribution in [3.05, 3.63) is 65.1 Å². The monoisotopic (exact) mass is 520 g/mol. The number of alkyl halides is 3. The Bertz CT molecular complexity index is 1490. The number of rotatable bonds is 4. The molecule has 0 saturated heterocycles. The highest BCUT2D eigenvalue weighted by molar-refractivity contribution is 7.90. The predicted molar refractivity (Wildman–Crippen MR) is 123 cm³/mol. The van der Waals surface area contributed by atoms with E-state index in [0.29, 0.717) is 16.9 Å². The zero-order valence-corrected chi connectivity index (χ0v) is 20.0. The normalized spacial score (nSPS) is 14.0. The first-order chi connectivity index (χ1) is 16.8. The number of carbonyl (C=O) groups is 2. The summed E-state index contributed by atoms with van der Waals surface area (Å²) >= 11 is 0. The van der Waals surface area contributed by atoms with Crippen LogP contribution in [0.5, 0.6) is 0 Å². The van der Waals surface area contributed by atoms with Gasteiger partial charge in [0, 0.05) is 30.6 Å². The number of carbonyl (C=O) groups excluding carboxylic acids is 2. The summed E-state index contributed by atoms with van der Waals surface area (Å²) < 4.78 is 62.6. The molecule has 0 radical (unpaired) electrons. The molecule has 1 N–H and O–H groups in total. The van der Waals surface area contributed by atoms with Crippen LogP contribution in [0.25, 0.3) is 0 Å². The van der Waals surface area contributed by atoms with Crippen LogP contribution in [-0.2, 0) is 22.6 Å². The van der Waals surface area contributed by atoms with Crippen LogP contribution in [0.3, 0.4) is 0 Å². The summed E-state index contributed by atoms with van der Waals surface area (Å²) in [4.78, 5) is 40.3. The van der Waals surface area contributed by atoms with Gasteiger partial charge in [-0.2, -0.15) is 13.2 Å². The average molecular weight is 520 g/mol. The molecule has 0 spiro atoms. The molecule has 3 amide bonds. The van der Waals surface area contributed by atoms with Gasteiger partial charge in [0.15, 0.2) is 0 Å². The van der Waals surface area contributed by atoms with Crippen LogP contribution in [-0.4, -0.2) is 48.6 Å². The minimum Gasteiger partial charge on any atom is -0.321 e. The summed E-state index contributed by atoms with van der Waals surface area (Å²) in [7, 11) is -2.26. The molecule has 188 valence electrons. The molecular weight excluding hydrogens is 501 g/mol. The molecule has 1 aliphatic heterocycles. The molecule has 0 saturated carbocycles. The lowest BCUT2D eigenvalue weighted by Gasteiger charge is -2.34. The zero-order valence-electron chi connectivity index (χ0n) is 19.2. The van der Waals surface area contributed by atoms with Gasteiger partial charge < -0.3 is 5.32 Å². The lowest BCUT2D eigenvalue weighted by atomic mass is 10.1. The molecule has 3 aromatic rings. The van der Waals surface area contributed by atoms with Gasteiger partial charge in [0.1, 0.15) is 5.82 Å². The topological polar surface area (TPSA) is 125 Å². The Morgan fingerprint density at radius 3 is 2.53 bits per heavy atom. The number of amides is 3. The van der Waals surface area contributed by atoms with Crippen LogP contribution in [0.1, 0.15) is 27.2 Å². The highest BCUT2D eigenvalue weighted by Gasteiger charge is 2.33. The number of anilines is 3. The van der Waals surface area contributed by atoms with E-state index in [9.17, 15) is 31.2 Å². The summed E-state index contributed by atoms with van der Waals surface area (Å²) in [5.41, 5.74) is 0.232.